The van der Waals surface area contributed by atoms with Crippen LogP contribution in [-0.4, -0.2) is 22.1 Å². The topological polar surface area (TPSA) is 62.2 Å². The number of thiazole rings is 1. The summed E-state index contributed by atoms with van der Waals surface area (Å²) in [6.45, 7) is 8.65. The van der Waals surface area contributed by atoms with Crippen molar-refractivity contribution in [3.05, 3.63) is 15.6 Å². The van der Waals surface area contributed by atoms with Gasteiger partial charge in [-0.1, -0.05) is 27.7 Å². The highest BCUT2D eigenvalue weighted by Crippen LogP contribution is 2.25. The van der Waals surface area contributed by atoms with Crippen molar-refractivity contribution in [1.82, 2.24) is 10.3 Å². The van der Waals surface area contributed by atoms with Gasteiger partial charge in [-0.25, -0.2) is 9.78 Å². The van der Waals surface area contributed by atoms with Crippen molar-refractivity contribution in [3.8, 4) is 0 Å². The molecule has 4 nitrogen and oxygen atoms in total. The van der Waals surface area contributed by atoms with Crippen LogP contribution in [0.4, 0.5) is 0 Å². The molecule has 0 amide bonds. The Labute approximate surface area is 99.7 Å². The number of aromatic nitrogens is 1. The Bertz CT molecular complexity index is 372. The van der Waals surface area contributed by atoms with E-state index in [1.165, 1.54) is 11.3 Å². The summed E-state index contributed by atoms with van der Waals surface area (Å²) in [5.74, 6) is -0.729. The molecule has 0 unspecified atom stereocenters. The predicted molar refractivity (Wildman–Crippen MR) is 65.1 cm³/mol. The minimum Gasteiger partial charge on any atom is -0.477 e. The van der Waals surface area contributed by atoms with E-state index in [0.29, 0.717) is 23.2 Å². The number of nitrogens with one attached hydrogen (secondary N) is 1. The van der Waals surface area contributed by atoms with Gasteiger partial charge in [-0.15, -0.1) is 11.3 Å². The molecule has 0 radical (unpaired) electrons. The first-order valence-electron chi connectivity index (χ1n) is 5.38. The van der Waals surface area contributed by atoms with Gasteiger partial charge < -0.3 is 10.4 Å². The van der Waals surface area contributed by atoms with E-state index in [0.717, 1.165) is 5.01 Å². The SMILES string of the molecule is CC(C)NCc1nc(C(C)C)c(C(=O)O)s1. The quantitative estimate of drug-likeness (QED) is 0.832. The number of carboxylic acids is 1. The fourth-order valence-corrected chi connectivity index (χ4v) is 2.30. The fraction of sp³-hybridized carbons (Fsp3) is 0.636. The molecule has 0 fully saturated rings. The molecule has 0 aromatic carbocycles. The number of carbonyl (C=O) groups is 1. The molecule has 5 heteroatoms. The molecule has 0 saturated carbocycles. The Hall–Kier alpha value is -0.940. The third kappa shape index (κ3) is 3.28. The molecule has 0 aliphatic heterocycles. The van der Waals surface area contributed by atoms with Gasteiger partial charge in [0.2, 0.25) is 0 Å². The van der Waals surface area contributed by atoms with Crippen molar-refractivity contribution in [1.29, 1.82) is 0 Å². The second-order valence-corrected chi connectivity index (χ2v) is 5.40. The molecule has 2 N–H and O–H groups in total. The van der Waals surface area contributed by atoms with E-state index in [1.807, 2.05) is 13.8 Å². The maximum atomic E-state index is 11.0. The van der Waals surface area contributed by atoms with Crippen LogP contribution in [0.2, 0.25) is 0 Å². The molecule has 0 saturated heterocycles. The maximum absolute atomic E-state index is 11.0. The van der Waals surface area contributed by atoms with Crippen molar-refractivity contribution < 1.29 is 9.90 Å². The van der Waals surface area contributed by atoms with Crippen molar-refractivity contribution in [2.45, 2.75) is 46.2 Å². The first-order chi connectivity index (χ1) is 7.41. The molecule has 1 aromatic heterocycles. The number of hydrogen-bond acceptors (Lipinski definition) is 4. The molecule has 1 rings (SSSR count). The van der Waals surface area contributed by atoms with Crippen LogP contribution >= 0.6 is 11.3 Å². The largest absolute Gasteiger partial charge is 0.477 e. The van der Waals surface area contributed by atoms with Gasteiger partial charge >= 0.3 is 5.97 Å². The monoisotopic (exact) mass is 242 g/mol. The van der Waals surface area contributed by atoms with E-state index in [4.69, 9.17) is 5.11 Å². The highest BCUT2D eigenvalue weighted by atomic mass is 32.1. The van der Waals surface area contributed by atoms with Gasteiger partial charge in [-0.05, 0) is 5.92 Å². The molecule has 1 heterocycles. The molecule has 0 aliphatic rings. The van der Waals surface area contributed by atoms with E-state index in [9.17, 15) is 4.79 Å². The van der Waals surface area contributed by atoms with Crippen LogP contribution in [0.1, 0.15) is 54.0 Å². The summed E-state index contributed by atoms with van der Waals surface area (Å²) in [6, 6.07) is 0.375. The predicted octanol–water partition coefficient (Wildman–Crippen LogP) is 2.46. The minimum absolute atomic E-state index is 0.148. The van der Waals surface area contributed by atoms with Gasteiger partial charge in [-0.2, -0.15) is 0 Å². The third-order valence-electron chi connectivity index (χ3n) is 2.10. The number of rotatable bonds is 5. The van der Waals surface area contributed by atoms with Gasteiger partial charge in [0, 0.05) is 12.6 Å². The first kappa shape index (κ1) is 13.1. The van der Waals surface area contributed by atoms with E-state index in [-0.39, 0.29) is 5.92 Å². The summed E-state index contributed by atoms with van der Waals surface area (Å²) >= 11 is 1.26. The summed E-state index contributed by atoms with van der Waals surface area (Å²) in [6.07, 6.45) is 0. The van der Waals surface area contributed by atoms with Crippen LogP contribution in [0.15, 0.2) is 0 Å². The zero-order valence-corrected chi connectivity index (χ0v) is 10.9. The lowest BCUT2D eigenvalue weighted by Gasteiger charge is -2.04. The average molecular weight is 242 g/mol. The second kappa shape index (κ2) is 5.41. The van der Waals surface area contributed by atoms with Gasteiger partial charge in [0.15, 0.2) is 0 Å². The normalized spacial score (nSPS) is 11.4. The molecule has 16 heavy (non-hydrogen) atoms. The van der Waals surface area contributed by atoms with Crippen LogP contribution in [0.3, 0.4) is 0 Å². The Morgan fingerprint density at radius 2 is 2.06 bits per heavy atom. The van der Waals surface area contributed by atoms with E-state index >= 15 is 0 Å². The number of nitrogens with zero attached hydrogens (tertiary/aromatic N) is 1. The fourth-order valence-electron chi connectivity index (χ4n) is 1.29. The summed E-state index contributed by atoms with van der Waals surface area (Å²) in [7, 11) is 0. The lowest BCUT2D eigenvalue weighted by Crippen LogP contribution is -2.21. The Morgan fingerprint density at radius 1 is 1.44 bits per heavy atom. The maximum Gasteiger partial charge on any atom is 0.347 e. The lowest BCUT2D eigenvalue weighted by molar-refractivity contribution is 0.0700. The summed E-state index contributed by atoms with van der Waals surface area (Å²) in [5, 5.41) is 13.1. The Balaban J connectivity index is 2.88. The molecular weight excluding hydrogens is 224 g/mol. The van der Waals surface area contributed by atoms with Crippen LogP contribution in [0, 0.1) is 0 Å². The smallest absolute Gasteiger partial charge is 0.347 e. The van der Waals surface area contributed by atoms with E-state index in [2.05, 4.69) is 24.1 Å². The molecular formula is C11H18N2O2S. The Kier molecular flexibility index (Phi) is 4.44. The standard InChI is InChI=1S/C11H18N2O2S/c1-6(2)9-10(11(14)15)16-8(13-9)5-12-7(3)4/h6-7,12H,5H2,1-4H3,(H,14,15). The van der Waals surface area contributed by atoms with Crippen LogP contribution < -0.4 is 5.32 Å². The zero-order valence-electron chi connectivity index (χ0n) is 10.1. The summed E-state index contributed by atoms with van der Waals surface area (Å²) in [5.41, 5.74) is 0.693. The van der Waals surface area contributed by atoms with Crippen molar-refractivity contribution in [3.63, 3.8) is 0 Å². The number of aromatic carboxylic acids is 1. The third-order valence-corrected chi connectivity index (χ3v) is 3.16. The van der Waals surface area contributed by atoms with Crippen molar-refractivity contribution >= 4 is 17.3 Å². The van der Waals surface area contributed by atoms with E-state index < -0.39 is 5.97 Å². The Morgan fingerprint density at radius 3 is 2.44 bits per heavy atom. The summed E-state index contributed by atoms with van der Waals surface area (Å²) < 4.78 is 0. The highest BCUT2D eigenvalue weighted by molar-refractivity contribution is 7.13. The van der Waals surface area contributed by atoms with Gasteiger partial charge in [0.1, 0.15) is 9.88 Å². The van der Waals surface area contributed by atoms with E-state index in [1.54, 1.807) is 0 Å². The number of hydrogen-bond donors (Lipinski definition) is 2. The molecule has 0 aliphatic carbocycles. The zero-order chi connectivity index (χ0) is 12.3. The van der Waals surface area contributed by atoms with Crippen LogP contribution in [-0.2, 0) is 6.54 Å². The second-order valence-electron chi connectivity index (χ2n) is 4.32. The van der Waals surface area contributed by atoms with Gasteiger partial charge in [0.05, 0.1) is 5.69 Å². The number of carboxylic acid groups (broad SMARTS) is 1. The molecule has 1 aromatic rings. The highest BCUT2D eigenvalue weighted by Gasteiger charge is 2.19. The summed E-state index contributed by atoms with van der Waals surface area (Å²) in [4.78, 5) is 15.8. The molecule has 90 valence electrons. The first-order valence-corrected chi connectivity index (χ1v) is 6.19. The van der Waals surface area contributed by atoms with Crippen molar-refractivity contribution in [2.75, 3.05) is 0 Å². The van der Waals surface area contributed by atoms with Crippen molar-refractivity contribution in [2.24, 2.45) is 0 Å². The lowest BCUT2D eigenvalue weighted by atomic mass is 10.1. The average Bonchev–Trinajstić information content (AvgIpc) is 2.58. The van der Waals surface area contributed by atoms with Gasteiger partial charge in [0.25, 0.3) is 0 Å². The van der Waals surface area contributed by atoms with Crippen LogP contribution in [0.5, 0.6) is 0 Å². The molecule has 0 spiro atoms. The minimum atomic E-state index is -0.878. The molecule has 0 bridgehead atoms. The van der Waals surface area contributed by atoms with Crippen LogP contribution in [0.25, 0.3) is 0 Å². The van der Waals surface area contributed by atoms with Gasteiger partial charge in [-0.3, -0.25) is 0 Å². The molecule has 0 atom stereocenters.